The van der Waals surface area contributed by atoms with Crippen molar-refractivity contribution in [2.24, 2.45) is 11.3 Å². The molecule has 0 bridgehead atoms. The van der Waals surface area contributed by atoms with Gasteiger partial charge >= 0.3 is 0 Å². The van der Waals surface area contributed by atoms with Crippen molar-refractivity contribution >= 4 is 5.91 Å². The highest BCUT2D eigenvalue weighted by molar-refractivity contribution is 5.76. The number of amides is 1. The molecular formula is C17H33NO. The van der Waals surface area contributed by atoms with Crippen LogP contribution in [-0.4, -0.2) is 11.9 Å². The molecule has 0 radical (unpaired) electrons. The van der Waals surface area contributed by atoms with Crippen LogP contribution in [0.25, 0.3) is 0 Å². The van der Waals surface area contributed by atoms with E-state index >= 15 is 0 Å². The molecule has 1 N–H and O–H groups in total. The van der Waals surface area contributed by atoms with Crippen LogP contribution in [0.15, 0.2) is 0 Å². The zero-order chi connectivity index (χ0) is 14.3. The van der Waals surface area contributed by atoms with Gasteiger partial charge < -0.3 is 5.32 Å². The highest BCUT2D eigenvalue weighted by atomic mass is 16.1. The zero-order valence-corrected chi connectivity index (χ0v) is 13.4. The predicted octanol–water partition coefficient (Wildman–Crippen LogP) is 4.68. The van der Waals surface area contributed by atoms with E-state index in [4.69, 9.17) is 0 Å². The summed E-state index contributed by atoms with van der Waals surface area (Å²) in [7, 11) is 0. The maximum Gasteiger partial charge on any atom is 0.220 e. The van der Waals surface area contributed by atoms with Gasteiger partial charge in [-0.3, -0.25) is 4.79 Å². The lowest BCUT2D eigenvalue weighted by Crippen LogP contribution is -2.39. The van der Waals surface area contributed by atoms with E-state index < -0.39 is 0 Å². The Bertz CT molecular complexity index is 259. The maximum absolute atomic E-state index is 11.8. The molecular weight excluding hydrogens is 234 g/mol. The van der Waals surface area contributed by atoms with Crippen LogP contribution in [0.5, 0.6) is 0 Å². The molecule has 0 aromatic carbocycles. The number of carbonyl (C=O) groups excluding carboxylic acids is 1. The number of hydrogen-bond donors (Lipinski definition) is 1. The highest BCUT2D eigenvalue weighted by Crippen LogP contribution is 2.37. The second-order valence-corrected chi connectivity index (χ2v) is 7.29. The lowest BCUT2D eigenvalue weighted by atomic mass is 9.71. The van der Waals surface area contributed by atoms with Crippen molar-refractivity contribution in [1.82, 2.24) is 5.32 Å². The van der Waals surface area contributed by atoms with Gasteiger partial charge in [0.15, 0.2) is 0 Å². The van der Waals surface area contributed by atoms with E-state index in [0.717, 1.165) is 18.8 Å². The molecule has 1 aliphatic rings. The first-order valence-corrected chi connectivity index (χ1v) is 8.23. The van der Waals surface area contributed by atoms with E-state index in [2.05, 4.69) is 33.0 Å². The first-order chi connectivity index (χ1) is 8.93. The van der Waals surface area contributed by atoms with Gasteiger partial charge in [0.2, 0.25) is 5.91 Å². The first-order valence-electron chi connectivity index (χ1n) is 8.23. The van der Waals surface area contributed by atoms with E-state index in [9.17, 15) is 4.79 Å². The van der Waals surface area contributed by atoms with Gasteiger partial charge in [-0.05, 0) is 43.4 Å². The summed E-state index contributed by atoms with van der Waals surface area (Å²) < 4.78 is 0. The highest BCUT2D eigenvalue weighted by Gasteiger charge is 2.29. The molecule has 1 amide bonds. The summed E-state index contributed by atoms with van der Waals surface area (Å²) in [4.78, 5) is 11.8. The van der Waals surface area contributed by atoms with Crippen molar-refractivity contribution in [2.45, 2.75) is 91.5 Å². The normalized spacial score (nSPS) is 24.2. The van der Waals surface area contributed by atoms with Crippen molar-refractivity contribution in [3.63, 3.8) is 0 Å². The standard InChI is InChI=1S/C17H33NO/c1-5-6-7-8-9-16(19)18-15-12-10-14(11-13-15)17(2,3)4/h14-15H,5-13H2,1-4H3,(H,18,19). The van der Waals surface area contributed by atoms with Gasteiger partial charge in [0, 0.05) is 12.5 Å². The maximum atomic E-state index is 11.8. The van der Waals surface area contributed by atoms with E-state index in [-0.39, 0.29) is 5.91 Å². The number of carbonyl (C=O) groups is 1. The van der Waals surface area contributed by atoms with Crippen LogP contribution < -0.4 is 5.32 Å². The van der Waals surface area contributed by atoms with Crippen LogP contribution in [0.3, 0.4) is 0 Å². The summed E-state index contributed by atoms with van der Waals surface area (Å²) in [5.74, 6) is 1.10. The quantitative estimate of drug-likeness (QED) is 0.696. The summed E-state index contributed by atoms with van der Waals surface area (Å²) in [6.45, 7) is 9.21. The predicted molar refractivity (Wildman–Crippen MR) is 82.1 cm³/mol. The average Bonchev–Trinajstić information content (AvgIpc) is 2.34. The summed E-state index contributed by atoms with van der Waals surface area (Å²) in [6.07, 6.45) is 10.3. The molecule has 1 saturated carbocycles. The Morgan fingerprint density at radius 1 is 1.05 bits per heavy atom. The Morgan fingerprint density at radius 2 is 1.68 bits per heavy atom. The molecule has 1 aliphatic carbocycles. The lowest BCUT2D eigenvalue weighted by Gasteiger charge is -2.37. The molecule has 19 heavy (non-hydrogen) atoms. The van der Waals surface area contributed by atoms with Gasteiger partial charge in [-0.25, -0.2) is 0 Å². The fourth-order valence-electron chi connectivity index (χ4n) is 3.12. The minimum atomic E-state index is 0.273. The van der Waals surface area contributed by atoms with Crippen molar-refractivity contribution in [3.8, 4) is 0 Å². The summed E-state index contributed by atoms with van der Waals surface area (Å²) in [5.41, 5.74) is 0.426. The van der Waals surface area contributed by atoms with Gasteiger partial charge in [0.05, 0.1) is 0 Å². The number of nitrogens with one attached hydrogen (secondary N) is 1. The molecule has 0 aliphatic heterocycles. The summed E-state index contributed by atoms with van der Waals surface area (Å²) in [6, 6.07) is 0.442. The Morgan fingerprint density at radius 3 is 2.21 bits per heavy atom. The summed E-state index contributed by atoms with van der Waals surface area (Å²) >= 11 is 0. The van der Waals surface area contributed by atoms with Crippen LogP contribution in [0.1, 0.15) is 85.5 Å². The third kappa shape index (κ3) is 6.44. The van der Waals surface area contributed by atoms with Gasteiger partial charge in [0.1, 0.15) is 0 Å². The largest absolute Gasteiger partial charge is 0.353 e. The van der Waals surface area contributed by atoms with Crippen LogP contribution in [0, 0.1) is 11.3 Å². The van der Waals surface area contributed by atoms with Crippen LogP contribution in [0.2, 0.25) is 0 Å². The van der Waals surface area contributed by atoms with Gasteiger partial charge in [-0.1, -0.05) is 47.0 Å². The minimum Gasteiger partial charge on any atom is -0.353 e. The molecule has 0 atom stereocenters. The molecule has 1 fully saturated rings. The molecule has 0 unspecified atom stereocenters. The molecule has 112 valence electrons. The Balaban J connectivity index is 2.16. The third-order valence-corrected chi connectivity index (χ3v) is 4.57. The molecule has 0 aromatic heterocycles. The van der Waals surface area contributed by atoms with Crippen molar-refractivity contribution in [1.29, 1.82) is 0 Å². The smallest absolute Gasteiger partial charge is 0.220 e. The lowest BCUT2D eigenvalue weighted by molar-refractivity contribution is -0.122. The molecule has 1 rings (SSSR count). The SMILES string of the molecule is CCCCCCC(=O)NC1CCC(C(C)(C)C)CC1. The van der Waals surface area contributed by atoms with E-state index in [0.29, 0.717) is 11.5 Å². The van der Waals surface area contributed by atoms with Crippen LogP contribution in [-0.2, 0) is 4.79 Å². The Labute approximate surface area is 119 Å². The average molecular weight is 267 g/mol. The monoisotopic (exact) mass is 267 g/mol. The van der Waals surface area contributed by atoms with Crippen LogP contribution in [0.4, 0.5) is 0 Å². The zero-order valence-electron chi connectivity index (χ0n) is 13.4. The van der Waals surface area contributed by atoms with Gasteiger partial charge in [-0.15, -0.1) is 0 Å². The van der Waals surface area contributed by atoms with Crippen LogP contribution >= 0.6 is 0 Å². The van der Waals surface area contributed by atoms with E-state index in [1.807, 2.05) is 0 Å². The van der Waals surface area contributed by atoms with E-state index in [1.54, 1.807) is 0 Å². The topological polar surface area (TPSA) is 29.1 Å². The molecule has 0 aromatic rings. The molecule has 0 saturated heterocycles. The second kappa shape index (κ2) is 7.91. The van der Waals surface area contributed by atoms with Crippen molar-refractivity contribution in [3.05, 3.63) is 0 Å². The Hall–Kier alpha value is -0.530. The first kappa shape index (κ1) is 16.5. The Kier molecular flexibility index (Phi) is 6.88. The van der Waals surface area contributed by atoms with Gasteiger partial charge in [0.25, 0.3) is 0 Å². The molecule has 2 heteroatoms. The fraction of sp³-hybridized carbons (Fsp3) is 0.941. The number of unbranched alkanes of at least 4 members (excludes halogenated alkanes) is 3. The third-order valence-electron chi connectivity index (χ3n) is 4.57. The van der Waals surface area contributed by atoms with Crippen molar-refractivity contribution in [2.75, 3.05) is 0 Å². The van der Waals surface area contributed by atoms with E-state index in [1.165, 1.54) is 44.9 Å². The van der Waals surface area contributed by atoms with Gasteiger partial charge in [-0.2, -0.15) is 0 Å². The number of rotatable bonds is 6. The van der Waals surface area contributed by atoms with Crippen molar-refractivity contribution < 1.29 is 4.79 Å². The second-order valence-electron chi connectivity index (χ2n) is 7.29. The molecule has 0 heterocycles. The summed E-state index contributed by atoms with van der Waals surface area (Å²) in [5, 5.41) is 3.23. The fourth-order valence-corrected chi connectivity index (χ4v) is 3.12. The minimum absolute atomic E-state index is 0.273. The molecule has 0 spiro atoms. The number of hydrogen-bond acceptors (Lipinski definition) is 1. The molecule has 2 nitrogen and oxygen atoms in total.